The minimum Gasteiger partial charge on any atom is -0.756 e. The number of carbonyl (C=O) groups excluding carboxylic acids is 2. The Labute approximate surface area is 449 Å². The number of hydrogen-bond donors (Lipinski definition) is 1. The lowest BCUT2D eigenvalue weighted by molar-refractivity contribution is -0.870. The van der Waals surface area contributed by atoms with Gasteiger partial charge in [0.05, 0.1) is 33.8 Å². The number of likely N-dealkylation sites (N-methyl/N-ethyl adjacent to an activating group) is 1. The molecule has 0 aromatic heterocycles. The van der Waals surface area contributed by atoms with E-state index >= 15 is 0 Å². The molecule has 0 saturated carbocycles. The quantitative estimate of drug-likeness (QED) is 0.0212. The molecular formula is C63H111N2O7P. The molecule has 0 fully saturated rings. The largest absolute Gasteiger partial charge is 0.756 e. The molecule has 0 bridgehead atoms. The smallest absolute Gasteiger partial charge is 0.306 e. The fourth-order valence-corrected chi connectivity index (χ4v) is 8.68. The molecule has 1 N–H and O–H groups in total. The van der Waals surface area contributed by atoms with Gasteiger partial charge in [0.2, 0.25) is 5.91 Å². The predicted octanol–water partition coefficient (Wildman–Crippen LogP) is 17.4. The first-order valence-electron chi connectivity index (χ1n) is 29.5. The maximum atomic E-state index is 13.5. The molecule has 0 saturated heterocycles. The normalized spacial score (nSPS) is 14.5. The van der Waals surface area contributed by atoms with Gasteiger partial charge in [0.25, 0.3) is 7.82 Å². The Kier molecular flexibility index (Phi) is 50.2. The van der Waals surface area contributed by atoms with Crippen molar-refractivity contribution in [2.24, 2.45) is 0 Å². The van der Waals surface area contributed by atoms with Gasteiger partial charge in [0, 0.05) is 12.8 Å². The molecule has 0 heterocycles. The second kappa shape index (κ2) is 52.4. The highest BCUT2D eigenvalue weighted by Crippen LogP contribution is 2.38. The number of quaternary nitrogens is 1. The number of nitrogens with zero attached hydrogens (tertiary/aromatic N) is 1. The molecule has 9 nitrogen and oxygen atoms in total. The summed E-state index contributed by atoms with van der Waals surface area (Å²) in [5.74, 6) is -0.649. The van der Waals surface area contributed by atoms with Gasteiger partial charge in [-0.05, 0) is 96.0 Å². The highest BCUT2D eigenvalue weighted by Gasteiger charge is 2.27. The summed E-state index contributed by atoms with van der Waals surface area (Å²) in [7, 11) is 1.13. The monoisotopic (exact) mass is 1040 g/mol. The Bertz CT molecular complexity index is 1570. The van der Waals surface area contributed by atoms with E-state index in [4.69, 9.17) is 13.8 Å². The van der Waals surface area contributed by atoms with E-state index in [9.17, 15) is 19.0 Å². The van der Waals surface area contributed by atoms with Crippen molar-refractivity contribution in [1.29, 1.82) is 0 Å². The van der Waals surface area contributed by atoms with Crippen LogP contribution in [0.5, 0.6) is 0 Å². The summed E-state index contributed by atoms with van der Waals surface area (Å²) in [6.07, 6.45) is 69.6. The number of allylic oxidation sites excluding steroid dienone is 15. The zero-order valence-electron chi connectivity index (χ0n) is 47.8. The van der Waals surface area contributed by atoms with E-state index in [1.165, 1.54) is 109 Å². The van der Waals surface area contributed by atoms with Crippen LogP contribution < -0.4 is 10.2 Å². The second-order valence-corrected chi connectivity index (χ2v) is 22.2. The Balaban J connectivity index is 5.41. The highest BCUT2D eigenvalue weighted by molar-refractivity contribution is 7.45. The van der Waals surface area contributed by atoms with Crippen LogP contribution in [0.1, 0.15) is 239 Å². The van der Waals surface area contributed by atoms with Crippen molar-refractivity contribution in [3.63, 3.8) is 0 Å². The van der Waals surface area contributed by atoms with Crippen LogP contribution in [0, 0.1) is 0 Å². The summed E-state index contributed by atoms with van der Waals surface area (Å²) in [5, 5.41) is 3.00. The summed E-state index contributed by atoms with van der Waals surface area (Å²) in [6.45, 7) is 6.65. The molecule has 0 radical (unpaired) electrons. The van der Waals surface area contributed by atoms with Gasteiger partial charge in [-0.3, -0.25) is 14.2 Å². The Hall–Kier alpha value is -3.07. The first-order chi connectivity index (χ1) is 35.4. The molecular weight excluding hydrogens is 928 g/mol. The third kappa shape index (κ3) is 53.6. The molecule has 10 heteroatoms. The van der Waals surface area contributed by atoms with Crippen LogP contribution in [0.25, 0.3) is 0 Å². The number of phosphoric acid groups is 1. The number of ether oxygens (including phenoxy) is 1. The van der Waals surface area contributed by atoms with Crippen LogP contribution in [0.15, 0.2) is 97.2 Å². The van der Waals surface area contributed by atoms with Crippen molar-refractivity contribution in [2.75, 3.05) is 40.9 Å². The van der Waals surface area contributed by atoms with Crippen molar-refractivity contribution < 1.29 is 37.3 Å². The summed E-state index contributed by atoms with van der Waals surface area (Å²) < 4.78 is 30.2. The number of carbonyl (C=O) groups is 2. The fraction of sp³-hybridized carbons (Fsp3) is 0.714. The van der Waals surface area contributed by atoms with Crippen LogP contribution >= 0.6 is 7.82 Å². The van der Waals surface area contributed by atoms with E-state index in [1.807, 2.05) is 39.4 Å². The molecule has 1 amide bonds. The number of nitrogens with one attached hydrogen (secondary N) is 1. The van der Waals surface area contributed by atoms with E-state index in [-0.39, 0.29) is 18.9 Å². The first kappa shape index (κ1) is 69.9. The van der Waals surface area contributed by atoms with E-state index in [1.54, 1.807) is 6.08 Å². The van der Waals surface area contributed by atoms with Gasteiger partial charge >= 0.3 is 5.97 Å². The molecule has 0 aliphatic heterocycles. The highest BCUT2D eigenvalue weighted by atomic mass is 31.2. The van der Waals surface area contributed by atoms with Crippen molar-refractivity contribution in [1.82, 2.24) is 5.32 Å². The SMILES string of the molecule is CC/C=C\C/C=C\C/C=C\C/C=C\C/C=C\C/C=C\CCC(=O)OC(/C=C/CCCCCCCCCCC)C(COP(=O)([O-])OCC[N+](C)(C)C)NC(=O)CCCCCCCCC/C=C/CCCCCCCC. The Morgan fingerprint density at radius 1 is 0.493 bits per heavy atom. The topological polar surface area (TPSA) is 114 Å². The molecule has 0 aliphatic rings. The predicted molar refractivity (Wildman–Crippen MR) is 311 cm³/mol. The zero-order chi connectivity index (χ0) is 53.6. The summed E-state index contributed by atoms with van der Waals surface area (Å²) in [4.78, 5) is 39.8. The van der Waals surface area contributed by atoms with Gasteiger partial charge in [-0.15, -0.1) is 0 Å². The van der Waals surface area contributed by atoms with E-state index in [2.05, 4.69) is 99.0 Å². The van der Waals surface area contributed by atoms with Gasteiger partial charge in [-0.25, -0.2) is 0 Å². The summed E-state index contributed by atoms with van der Waals surface area (Å²) in [5.41, 5.74) is 0. The van der Waals surface area contributed by atoms with Crippen LogP contribution in [-0.2, 0) is 27.9 Å². The van der Waals surface area contributed by atoms with Crippen molar-refractivity contribution in [3.8, 4) is 0 Å². The third-order valence-electron chi connectivity index (χ3n) is 12.5. The maximum absolute atomic E-state index is 13.5. The van der Waals surface area contributed by atoms with E-state index in [0.717, 1.165) is 89.9 Å². The minimum absolute atomic E-state index is 0.0384. The van der Waals surface area contributed by atoms with Crippen LogP contribution in [0.2, 0.25) is 0 Å². The van der Waals surface area contributed by atoms with Gasteiger partial charge in [-0.1, -0.05) is 227 Å². The maximum Gasteiger partial charge on any atom is 0.306 e. The van der Waals surface area contributed by atoms with E-state index in [0.29, 0.717) is 23.9 Å². The molecule has 73 heavy (non-hydrogen) atoms. The number of esters is 1. The van der Waals surface area contributed by atoms with E-state index < -0.39 is 32.5 Å². The number of unbranched alkanes of at least 4 members (excludes halogenated alkanes) is 22. The lowest BCUT2D eigenvalue weighted by Crippen LogP contribution is -2.47. The third-order valence-corrected chi connectivity index (χ3v) is 13.5. The van der Waals surface area contributed by atoms with Gasteiger partial charge < -0.3 is 28.5 Å². The number of amides is 1. The van der Waals surface area contributed by atoms with Gasteiger partial charge in [0.15, 0.2) is 0 Å². The fourth-order valence-electron chi connectivity index (χ4n) is 7.95. The number of hydrogen-bond acceptors (Lipinski definition) is 7. The van der Waals surface area contributed by atoms with Gasteiger partial charge in [0.1, 0.15) is 19.3 Å². The lowest BCUT2D eigenvalue weighted by Gasteiger charge is -2.30. The average Bonchev–Trinajstić information content (AvgIpc) is 3.35. The zero-order valence-corrected chi connectivity index (χ0v) is 48.7. The summed E-state index contributed by atoms with van der Waals surface area (Å²) >= 11 is 0. The molecule has 420 valence electrons. The molecule has 0 rings (SSSR count). The molecule has 0 spiro atoms. The van der Waals surface area contributed by atoms with Crippen molar-refractivity contribution >= 4 is 19.7 Å². The number of phosphoric ester groups is 1. The van der Waals surface area contributed by atoms with Crippen molar-refractivity contribution in [2.45, 2.75) is 251 Å². The van der Waals surface area contributed by atoms with Crippen molar-refractivity contribution in [3.05, 3.63) is 97.2 Å². The lowest BCUT2D eigenvalue weighted by atomic mass is 10.1. The molecule has 0 aromatic carbocycles. The Morgan fingerprint density at radius 2 is 0.890 bits per heavy atom. The molecule has 0 aromatic rings. The molecule has 3 unspecified atom stereocenters. The minimum atomic E-state index is -4.72. The molecule has 3 atom stereocenters. The number of rotatable bonds is 52. The van der Waals surface area contributed by atoms with Crippen LogP contribution in [-0.4, -0.2) is 69.4 Å². The summed E-state index contributed by atoms with van der Waals surface area (Å²) in [6, 6.07) is -0.925. The van der Waals surface area contributed by atoms with Gasteiger partial charge in [-0.2, -0.15) is 0 Å². The second-order valence-electron chi connectivity index (χ2n) is 20.8. The standard InChI is InChI=1S/C63H111N2O7P/c1-7-10-13-16-19-22-25-27-29-31-32-34-36-38-41-44-47-50-53-56-63(67)72-61(54-51-48-45-42-39-24-21-18-15-12-9-3)60(59-71-73(68,69)70-58-57-65(4,5)6)64-62(66)55-52-49-46-43-40-37-35-33-30-28-26-23-20-17-14-11-8-2/h10,13,19,22,27-30,32,34,38,41,47,50-51,54,60-61H,7-9,11-12,14-18,20-21,23-26,31,33,35-37,39-40,42-46,48-49,52-53,55-59H2,1-6H3,(H-,64,66,68,69)/b13-10-,22-19-,29-27-,30-28+,34-32-,41-38-,50-47-,54-51+. The Morgan fingerprint density at radius 3 is 1.34 bits per heavy atom. The van der Waals surface area contributed by atoms with Crippen LogP contribution in [0.3, 0.4) is 0 Å². The van der Waals surface area contributed by atoms with Crippen LogP contribution in [0.4, 0.5) is 0 Å². The molecule has 0 aliphatic carbocycles. The average molecular weight is 1040 g/mol. The first-order valence-corrected chi connectivity index (χ1v) is 31.0.